The second kappa shape index (κ2) is 7.37. The number of benzene rings is 1. The third kappa shape index (κ3) is 4.59. The molecule has 0 bridgehead atoms. The van der Waals surface area contributed by atoms with Crippen molar-refractivity contribution in [2.75, 3.05) is 11.9 Å². The van der Waals surface area contributed by atoms with E-state index in [1.165, 1.54) is 29.1 Å². The Bertz CT molecular complexity index is 831. The van der Waals surface area contributed by atoms with Crippen molar-refractivity contribution < 1.29 is 18.0 Å². The van der Waals surface area contributed by atoms with Crippen LogP contribution in [0, 0.1) is 13.8 Å². The van der Waals surface area contributed by atoms with Crippen molar-refractivity contribution in [1.29, 1.82) is 0 Å². The second-order valence-corrected chi connectivity index (χ2v) is 5.38. The molecule has 0 aliphatic rings. The fraction of sp³-hybridized carbons (Fsp3) is 0.312. The van der Waals surface area contributed by atoms with Crippen LogP contribution in [0.3, 0.4) is 0 Å². The van der Waals surface area contributed by atoms with Gasteiger partial charge in [-0.3, -0.25) is 9.36 Å². The Balaban J connectivity index is 1.97. The van der Waals surface area contributed by atoms with Crippen LogP contribution in [-0.4, -0.2) is 22.1 Å². The summed E-state index contributed by atoms with van der Waals surface area (Å²) < 4.78 is 39.9. The van der Waals surface area contributed by atoms with Gasteiger partial charge in [0.2, 0.25) is 0 Å². The van der Waals surface area contributed by atoms with Gasteiger partial charge in [-0.05, 0) is 26.0 Å². The van der Waals surface area contributed by atoms with Crippen LogP contribution in [0.15, 0.2) is 35.4 Å². The number of anilines is 1. The number of carbonyl (C=O) groups is 1. The minimum absolute atomic E-state index is 0.0596. The van der Waals surface area contributed by atoms with Crippen LogP contribution in [0.5, 0.6) is 0 Å². The molecule has 2 N–H and O–H groups in total. The molecule has 0 atom stereocenters. The van der Waals surface area contributed by atoms with E-state index < -0.39 is 17.8 Å². The number of halogens is 3. The van der Waals surface area contributed by atoms with E-state index in [4.69, 9.17) is 0 Å². The molecule has 6 nitrogen and oxygen atoms in total. The number of nitrogens with one attached hydrogen (secondary N) is 2. The van der Waals surface area contributed by atoms with Crippen LogP contribution in [-0.2, 0) is 12.7 Å². The quantitative estimate of drug-likeness (QED) is 0.886. The lowest BCUT2D eigenvalue weighted by Gasteiger charge is -2.14. The van der Waals surface area contributed by atoms with Crippen molar-refractivity contribution in [3.05, 3.63) is 57.8 Å². The number of aromatic nitrogens is 2. The molecule has 0 spiro atoms. The van der Waals surface area contributed by atoms with Gasteiger partial charge in [0.15, 0.2) is 0 Å². The first-order valence-electron chi connectivity index (χ1n) is 7.44. The Kier molecular flexibility index (Phi) is 5.45. The SMILES string of the molecule is Cc1ncn(CCNC(=O)Nc2ccccc2C(F)(F)F)c(=O)c1C. The molecule has 1 aromatic heterocycles. The van der Waals surface area contributed by atoms with Gasteiger partial charge in [-0.15, -0.1) is 0 Å². The molecule has 0 aliphatic carbocycles. The van der Waals surface area contributed by atoms with Gasteiger partial charge in [0, 0.05) is 24.3 Å². The predicted molar refractivity (Wildman–Crippen MR) is 86.4 cm³/mol. The van der Waals surface area contributed by atoms with Gasteiger partial charge in [-0.1, -0.05) is 12.1 Å². The number of alkyl halides is 3. The lowest BCUT2D eigenvalue weighted by atomic mass is 10.1. The summed E-state index contributed by atoms with van der Waals surface area (Å²) in [6.07, 6.45) is -3.20. The van der Waals surface area contributed by atoms with E-state index in [1.54, 1.807) is 13.8 Å². The molecule has 0 fully saturated rings. The number of urea groups is 1. The molecule has 2 amide bonds. The summed E-state index contributed by atoms with van der Waals surface area (Å²) >= 11 is 0. The van der Waals surface area contributed by atoms with Crippen LogP contribution in [0.4, 0.5) is 23.7 Å². The third-order valence-electron chi connectivity index (χ3n) is 3.63. The van der Waals surface area contributed by atoms with Crippen LogP contribution >= 0.6 is 0 Å². The van der Waals surface area contributed by atoms with Gasteiger partial charge in [-0.2, -0.15) is 13.2 Å². The monoisotopic (exact) mass is 354 g/mol. The summed E-state index contributed by atoms with van der Waals surface area (Å²) in [6.45, 7) is 3.58. The number of nitrogens with zero attached hydrogens (tertiary/aromatic N) is 2. The van der Waals surface area contributed by atoms with Crippen molar-refractivity contribution in [3.63, 3.8) is 0 Å². The standard InChI is InChI=1S/C16H17F3N4O2/c1-10-11(2)21-9-23(14(10)24)8-7-20-15(25)22-13-6-4-3-5-12(13)16(17,18)19/h3-6,9H,7-8H2,1-2H3,(H2,20,22,25). The molecule has 0 radical (unpaired) electrons. The largest absolute Gasteiger partial charge is 0.418 e. The summed E-state index contributed by atoms with van der Waals surface area (Å²) in [7, 11) is 0. The van der Waals surface area contributed by atoms with Crippen LogP contribution in [0.2, 0.25) is 0 Å². The van der Waals surface area contributed by atoms with E-state index >= 15 is 0 Å². The molecule has 0 aliphatic heterocycles. The number of para-hydroxylation sites is 1. The zero-order chi connectivity index (χ0) is 18.6. The fourth-order valence-electron chi connectivity index (χ4n) is 2.13. The number of amides is 2. The van der Waals surface area contributed by atoms with Crippen molar-refractivity contribution in [1.82, 2.24) is 14.9 Å². The number of aryl methyl sites for hydroxylation is 1. The van der Waals surface area contributed by atoms with E-state index in [-0.39, 0.29) is 24.3 Å². The van der Waals surface area contributed by atoms with Gasteiger partial charge in [0.1, 0.15) is 0 Å². The smallest absolute Gasteiger partial charge is 0.336 e. The van der Waals surface area contributed by atoms with E-state index in [0.717, 1.165) is 6.07 Å². The summed E-state index contributed by atoms with van der Waals surface area (Å²) in [6, 6.07) is 3.90. The molecular formula is C16H17F3N4O2. The molecule has 0 saturated carbocycles. The van der Waals surface area contributed by atoms with Crippen molar-refractivity contribution >= 4 is 11.7 Å². The molecule has 134 valence electrons. The average molecular weight is 354 g/mol. The highest BCUT2D eigenvalue weighted by Gasteiger charge is 2.33. The zero-order valence-electron chi connectivity index (χ0n) is 13.6. The maximum atomic E-state index is 12.9. The number of rotatable bonds is 4. The second-order valence-electron chi connectivity index (χ2n) is 5.38. The van der Waals surface area contributed by atoms with E-state index in [1.807, 2.05) is 0 Å². The maximum absolute atomic E-state index is 12.9. The summed E-state index contributed by atoms with van der Waals surface area (Å²) in [5, 5.41) is 4.58. The third-order valence-corrected chi connectivity index (χ3v) is 3.63. The molecule has 2 rings (SSSR count). The Hall–Kier alpha value is -2.84. The minimum Gasteiger partial charge on any atom is -0.336 e. The van der Waals surface area contributed by atoms with E-state index in [0.29, 0.717) is 11.3 Å². The molecule has 0 saturated heterocycles. The first-order chi connectivity index (χ1) is 11.7. The number of hydrogen-bond acceptors (Lipinski definition) is 3. The first kappa shape index (κ1) is 18.5. The zero-order valence-corrected chi connectivity index (χ0v) is 13.6. The van der Waals surface area contributed by atoms with Gasteiger partial charge >= 0.3 is 12.2 Å². The minimum atomic E-state index is -4.57. The van der Waals surface area contributed by atoms with Crippen molar-refractivity contribution in [2.45, 2.75) is 26.6 Å². The van der Waals surface area contributed by atoms with Crippen LogP contribution < -0.4 is 16.2 Å². The van der Waals surface area contributed by atoms with Gasteiger partial charge in [0.25, 0.3) is 5.56 Å². The van der Waals surface area contributed by atoms with E-state index in [9.17, 15) is 22.8 Å². The van der Waals surface area contributed by atoms with Crippen molar-refractivity contribution in [3.8, 4) is 0 Å². The topological polar surface area (TPSA) is 76.0 Å². The molecule has 1 heterocycles. The number of carbonyl (C=O) groups excluding carboxylic acids is 1. The Morgan fingerprint density at radius 2 is 1.92 bits per heavy atom. The molecule has 2 aromatic rings. The summed E-state index contributed by atoms with van der Waals surface area (Å²) in [5.41, 5.74) is -0.365. The van der Waals surface area contributed by atoms with Gasteiger partial charge < -0.3 is 10.6 Å². The molecule has 1 aromatic carbocycles. The highest BCUT2D eigenvalue weighted by atomic mass is 19.4. The summed E-state index contributed by atoms with van der Waals surface area (Å²) in [4.78, 5) is 27.8. The van der Waals surface area contributed by atoms with Crippen molar-refractivity contribution in [2.24, 2.45) is 0 Å². The highest BCUT2D eigenvalue weighted by molar-refractivity contribution is 5.90. The average Bonchev–Trinajstić information content (AvgIpc) is 2.54. The molecular weight excluding hydrogens is 337 g/mol. The Labute approximate surface area is 141 Å². The van der Waals surface area contributed by atoms with Gasteiger partial charge in [0.05, 0.1) is 17.6 Å². The molecule has 9 heteroatoms. The maximum Gasteiger partial charge on any atom is 0.418 e. The summed E-state index contributed by atoms with van der Waals surface area (Å²) in [5.74, 6) is 0. The van der Waals surface area contributed by atoms with Crippen LogP contribution in [0.25, 0.3) is 0 Å². The Morgan fingerprint density at radius 3 is 2.60 bits per heavy atom. The number of hydrogen-bond donors (Lipinski definition) is 2. The molecule has 0 unspecified atom stereocenters. The van der Waals surface area contributed by atoms with Gasteiger partial charge in [-0.25, -0.2) is 9.78 Å². The Morgan fingerprint density at radius 1 is 1.24 bits per heavy atom. The lowest BCUT2D eigenvalue weighted by Crippen LogP contribution is -2.34. The highest BCUT2D eigenvalue weighted by Crippen LogP contribution is 2.34. The van der Waals surface area contributed by atoms with E-state index in [2.05, 4.69) is 15.6 Å². The van der Waals surface area contributed by atoms with Crippen LogP contribution in [0.1, 0.15) is 16.8 Å². The first-order valence-corrected chi connectivity index (χ1v) is 7.44. The normalized spacial score (nSPS) is 11.2. The lowest BCUT2D eigenvalue weighted by molar-refractivity contribution is -0.136. The predicted octanol–water partition coefficient (Wildman–Crippen LogP) is 2.70. The molecule has 25 heavy (non-hydrogen) atoms. The fourth-order valence-corrected chi connectivity index (χ4v) is 2.13.